The minimum atomic E-state index is -1.28. The van der Waals surface area contributed by atoms with Gasteiger partial charge in [0.2, 0.25) is 0 Å². The Morgan fingerprint density at radius 1 is 1.35 bits per heavy atom. The molecule has 0 heterocycles. The van der Waals surface area contributed by atoms with Gasteiger partial charge in [-0.05, 0) is 48.9 Å². The molecule has 0 amide bonds. The Kier molecular flexibility index (Phi) is 5.05. The molecule has 0 bridgehead atoms. The van der Waals surface area contributed by atoms with E-state index in [9.17, 15) is 9.90 Å². The number of rotatable bonds is 6. The standard InChI is InChI=1S/C17H17N3O3/c1-2-23-15-9-12(5-8-14(15)19)16(17(21)22)20-13-6-3-11(10-18)4-7-13/h3-9,16,20H,2,19H2,1H3,(H,21,22)/p-1. The lowest BCUT2D eigenvalue weighted by Crippen LogP contribution is -2.34. The van der Waals surface area contributed by atoms with Crippen LogP contribution in [-0.2, 0) is 4.79 Å². The van der Waals surface area contributed by atoms with E-state index in [1.54, 1.807) is 42.5 Å². The minimum Gasteiger partial charge on any atom is -0.548 e. The number of nitrogen functional groups attached to an aromatic ring is 1. The van der Waals surface area contributed by atoms with E-state index in [-0.39, 0.29) is 0 Å². The number of hydrogen-bond acceptors (Lipinski definition) is 6. The van der Waals surface area contributed by atoms with Gasteiger partial charge in [-0.3, -0.25) is 0 Å². The number of carboxylic acids is 1. The number of nitrogens with two attached hydrogens (primary N) is 1. The quantitative estimate of drug-likeness (QED) is 0.781. The van der Waals surface area contributed by atoms with Gasteiger partial charge in [0.1, 0.15) is 5.75 Å². The predicted molar refractivity (Wildman–Crippen MR) is 84.6 cm³/mol. The maximum absolute atomic E-state index is 11.5. The molecule has 118 valence electrons. The highest BCUT2D eigenvalue weighted by Gasteiger charge is 2.15. The maximum atomic E-state index is 11.5. The fraction of sp³-hybridized carbons (Fsp3) is 0.176. The van der Waals surface area contributed by atoms with Crippen LogP contribution in [0.1, 0.15) is 24.1 Å². The summed E-state index contributed by atoms with van der Waals surface area (Å²) in [5, 5.41) is 23.1. The molecule has 1 unspecified atom stereocenters. The second-order valence-electron chi connectivity index (χ2n) is 4.82. The van der Waals surface area contributed by atoms with Gasteiger partial charge >= 0.3 is 0 Å². The lowest BCUT2D eigenvalue weighted by molar-refractivity contribution is -0.307. The number of nitriles is 1. The Hall–Kier alpha value is -3.20. The first-order valence-corrected chi connectivity index (χ1v) is 7.05. The zero-order chi connectivity index (χ0) is 16.8. The molecule has 6 heteroatoms. The molecule has 2 aromatic carbocycles. The zero-order valence-electron chi connectivity index (χ0n) is 12.6. The molecule has 0 saturated carbocycles. The highest BCUT2D eigenvalue weighted by Crippen LogP contribution is 2.28. The van der Waals surface area contributed by atoms with Gasteiger partial charge in [0.15, 0.2) is 0 Å². The number of nitrogens with zero attached hydrogens (tertiary/aromatic N) is 1. The summed E-state index contributed by atoms with van der Waals surface area (Å²) in [5.41, 5.74) is 7.75. The summed E-state index contributed by atoms with van der Waals surface area (Å²) in [6, 6.07) is 12.2. The molecule has 0 aliphatic heterocycles. The molecular weight excluding hydrogens is 294 g/mol. The number of carboxylic acid groups (broad SMARTS) is 1. The predicted octanol–water partition coefficient (Wildman–Crippen LogP) is 1.44. The summed E-state index contributed by atoms with van der Waals surface area (Å²) < 4.78 is 5.39. The van der Waals surface area contributed by atoms with E-state index in [0.717, 1.165) is 0 Å². The third-order valence-electron chi connectivity index (χ3n) is 3.23. The van der Waals surface area contributed by atoms with Crippen LogP contribution in [0.5, 0.6) is 5.75 Å². The van der Waals surface area contributed by atoms with Crippen molar-refractivity contribution in [2.24, 2.45) is 0 Å². The summed E-state index contributed by atoms with van der Waals surface area (Å²) in [7, 11) is 0. The van der Waals surface area contributed by atoms with Crippen LogP contribution in [-0.4, -0.2) is 12.6 Å². The molecule has 3 N–H and O–H groups in total. The fourth-order valence-corrected chi connectivity index (χ4v) is 2.10. The Bertz CT molecular complexity index is 736. The molecular formula is C17H16N3O3-. The largest absolute Gasteiger partial charge is 0.548 e. The number of anilines is 2. The smallest absolute Gasteiger partial charge is 0.142 e. The second kappa shape index (κ2) is 7.18. The van der Waals surface area contributed by atoms with Gasteiger partial charge < -0.3 is 25.7 Å². The first-order chi connectivity index (χ1) is 11.0. The van der Waals surface area contributed by atoms with Crippen LogP contribution in [0, 0.1) is 11.3 Å². The average molecular weight is 310 g/mol. The molecule has 1 atom stereocenters. The molecule has 0 spiro atoms. The van der Waals surface area contributed by atoms with Crippen molar-refractivity contribution in [1.82, 2.24) is 0 Å². The number of ether oxygens (including phenoxy) is 1. The Labute approximate surface area is 134 Å². The van der Waals surface area contributed by atoms with E-state index >= 15 is 0 Å². The number of carbonyl (C=O) groups excluding carboxylic acids is 1. The molecule has 0 aromatic heterocycles. The topological polar surface area (TPSA) is 111 Å². The molecule has 0 saturated heterocycles. The summed E-state index contributed by atoms with van der Waals surface area (Å²) >= 11 is 0. The number of hydrogen-bond donors (Lipinski definition) is 2. The lowest BCUT2D eigenvalue weighted by atomic mass is 10.1. The van der Waals surface area contributed by atoms with Crippen LogP contribution in [0.15, 0.2) is 42.5 Å². The van der Waals surface area contributed by atoms with Crippen molar-refractivity contribution in [3.8, 4) is 11.8 Å². The monoisotopic (exact) mass is 310 g/mol. The van der Waals surface area contributed by atoms with Gasteiger partial charge in [0.25, 0.3) is 0 Å². The van der Waals surface area contributed by atoms with Crippen LogP contribution in [0.3, 0.4) is 0 Å². The summed E-state index contributed by atoms with van der Waals surface area (Å²) in [6.07, 6.45) is 0. The van der Waals surface area contributed by atoms with Crippen molar-refractivity contribution in [1.29, 1.82) is 5.26 Å². The fourth-order valence-electron chi connectivity index (χ4n) is 2.10. The maximum Gasteiger partial charge on any atom is 0.142 e. The molecule has 0 fully saturated rings. The van der Waals surface area contributed by atoms with Crippen LogP contribution in [0.25, 0.3) is 0 Å². The van der Waals surface area contributed by atoms with Crippen LogP contribution >= 0.6 is 0 Å². The van der Waals surface area contributed by atoms with E-state index in [0.29, 0.717) is 34.9 Å². The van der Waals surface area contributed by atoms with Crippen molar-refractivity contribution >= 4 is 17.3 Å². The van der Waals surface area contributed by atoms with E-state index in [2.05, 4.69) is 5.32 Å². The first-order valence-electron chi connectivity index (χ1n) is 7.05. The number of nitrogens with one attached hydrogen (secondary N) is 1. The van der Waals surface area contributed by atoms with Gasteiger partial charge in [-0.15, -0.1) is 0 Å². The highest BCUT2D eigenvalue weighted by molar-refractivity contribution is 5.78. The number of aliphatic carboxylic acids is 1. The van der Waals surface area contributed by atoms with Crippen molar-refractivity contribution in [2.75, 3.05) is 17.7 Å². The van der Waals surface area contributed by atoms with Crippen molar-refractivity contribution < 1.29 is 14.6 Å². The second-order valence-corrected chi connectivity index (χ2v) is 4.82. The minimum absolute atomic E-state index is 0.423. The molecule has 0 aliphatic rings. The van der Waals surface area contributed by atoms with Crippen molar-refractivity contribution in [2.45, 2.75) is 13.0 Å². The summed E-state index contributed by atoms with van der Waals surface area (Å²) in [5.74, 6) is -0.848. The summed E-state index contributed by atoms with van der Waals surface area (Å²) in [4.78, 5) is 11.5. The molecule has 23 heavy (non-hydrogen) atoms. The summed E-state index contributed by atoms with van der Waals surface area (Å²) in [6.45, 7) is 2.24. The molecule has 0 radical (unpaired) electrons. The normalized spacial score (nSPS) is 11.3. The average Bonchev–Trinajstić information content (AvgIpc) is 2.55. The van der Waals surface area contributed by atoms with Gasteiger partial charge in [0, 0.05) is 5.69 Å². The molecule has 2 rings (SSSR count). The van der Waals surface area contributed by atoms with Gasteiger partial charge in [-0.2, -0.15) is 5.26 Å². The molecule has 0 aliphatic carbocycles. The zero-order valence-corrected chi connectivity index (χ0v) is 12.6. The SMILES string of the molecule is CCOc1cc(C(Nc2ccc(C#N)cc2)C(=O)[O-])ccc1N. The lowest BCUT2D eigenvalue weighted by Gasteiger charge is -2.22. The van der Waals surface area contributed by atoms with E-state index in [1.807, 2.05) is 13.0 Å². The third-order valence-corrected chi connectivity index (χ3v) is 3.23. The van der Waals surface area contributed by atoms with Crippen LogP contribution in [0.2, 0.25) is 0 Å². The van der Waals surface area contributed by atoms with E-state index in [1.165, 1.54) is 0 Å². The Balaban J connectivity index is 2.29. The third kappa shape index (κ3) is 3.92. The van der Waals surface area contributed by atoms with Crippen LogP contribution < -0.4 is 20.9 Å². The Morgan fingerprint density at radius 2 is 2.04 bits per heavy atom. The van der Waals surface area contributed by atoms with E-state index in [4.69, 9.17) is 15.7 Å². The van der Waals surface area contributed by atoms with Crippen LogP contribution in [0.4, 0.5) is 11.4 Å². The molecule has 2 aromatic rings. The van der Waals surface area contributed by atoms with Gasteiger partial charge in [-0.1, -0.05) is 6.07 Å². The van der Waals surface area contributed by atoms with Crippen molar-refractivity contribution in [3.05, 3.63) is 53.6 Å². The van der Waals surface area contributed by atoms with Crippen molar-refractivity contribution in [3.63, 3.8) is 0 Å². The number of benzene rings is 2. The number of carbonyl (C=O) groups is 1. The molecule has 6 nitrogen and oxygen atoms in total. The van der Waals surface area contributed by atoms with E-state index < -0.39 is 12.0 Å². The van der Waals surface area contributed by atoms with Gasteiger partial charge in [0.05, 0.1) is 35.9 Å². The first kappa shape index (κ1) is 16.2. The Morgan fingerprint density at radius 3 is 2.61 bits per heavy atom. The highest BCUT2D eigenvalue weighted by atomic mass is 16.5. The van der Waals surface area contributed by atoms with Gasteiger partial charge in [-0.25, -0.2) is 0 Å².